The van der Waals surface area contributed by atoms with Gasteiger partial charge >= 0.3 is 0 Å². The van der Waals surface area contributed by atoms with Gasteiger partial charge in [-0.1, -0.05) is 0 Å². The van der Waals surface area contributed by atoms with E-state index in [9.17, 15) is 4.79 Å². The molecule has 0 radical (unpaired) electrons. The summed E-state index contributed by atoms with van der Waals surface area (Å²) in [5.41, 5.74) is 5.66. The summed E-state index contributed by atoms with van der Waals surface area (Å²) in [5.74, 6) is 0.148. The van der Waals surface area contributed by atoms with Gasteiger partial charge in [0.05, 0.1) is 5.54 Å². The molecule has 3 aliphatic rings. The van der Waals surface area contributed by atoms with Gasteiger partial charge in [0.2, 0.25) is 5.91 Å². The molecule has 3 saturated heterocycles. The van der Waals surface area contributed by atoms with Crippen molar-refractivity contribution >= 4 is 5.91 Å². The standard InChI is InChI=1S/C14H25N3O2/c1-11-9-16-6-2-3-12(16)10-17(11)13(18)14(15)4-7-19-8-5-14/h11-12H,2-10,15H2,1H3. The summed E-state index contributed by atoms with van der Waals surface area (Å²) in [6.45, 7) is 6.43. The van der Waals surface area contributed by atoms with Crippen LogP contribution in [0.15, 0.2) is 0 Å². The van der Waals surface area contributed by atoms with Gasteiger partial charge in [0.25, 0.3) is 0 Å². The van der Waals surface area contributed by atoms with Gasteiger partial charge in [-0.05, 0) is 39.2 Å². The highest BCUT2D eigenvalue weighted by Crippen LogP contribution is 2.28. The molecule has 3 heterocycles. The number of nitrogens with zero attached hydrogens (tertiary/aromatic N) is 2. The zero-order valence-electron chi connectivity index (χ0n) is 11.8. The van der Waals surface area contributed by atoms with Gasteiger partial charge in [0.15, 0.2) is 0 Å². The molecule has 5 heteroatoms. The Morgan fingerprint density at radius 1 is 1.32 bits per heavy atom. The lowest BCUT2D eigenvalue weighted by Gasteiger charge is -2.46. The predicted octanol–water partition coefficient (Wildman–Crippen LogP) is 0.189. The minimum Gasteiger partial charge on any atom is -0.381 e. The Bertz CT molecular complexity index is 355. The number of amides is 1. The Morgan fingerprint density at radius 3 is 2.79 bits per heavy atom. The van der Waals surface area contributed by atoms with Crippen molar-refractivity contribution in [2.24, 2.45) is 5.73 Å². The Kier molecular flexibility index (Phi) is 3.53. The Hall–Kier alpha value is -0.650. The van der Waals surface area contributed by atoms with E-state index < -0.39 is 5.54 Å². The summed E-state index contributed by atoms with van der Waals surface area (Å²) >= 11 is 0. The van der Waals surface area contributed by atoms with Crippen LogP contribution in [0.3, 0.4) is 0 Å². The van der Waals surface area contributed by atoms with Crippen molar-refractivity contribution in [2.75, 3.05) is 32.8 Å². The van der Waals surface area contributed by atoms with E-state index in [2.05, 4.69) is 11.8 Å². The van der Waals surface area contributed by atoms with Crippen LogP contribution in [0.25, 0.3) is 0 Å². The second kappa shape index (κ2) is 5.04. The average molecular weight is 267 g/mol. The fourth-order valence-electron chi connectivity index (χ4n) is 3.71. The molecule has 3 fully saturated rings. The number of rotatable bonds is 1. The minimum absolute atomic E-state index is 0.148. The fraction of sp³-hybridized carbons (Fsp3) is 0.929. The molecule has 2 N–H and O–H groups in total. The fourth-order valence-corrected chi connectivity index (χ4v) is 3.71. The van der Waals surface area contributed by atoms with Crippen molar-refractivity contribution in [2.45, 2.75) is 50.2 Å². The molecule has 0 bridgehead atoms. The summed E-state index contributed by atoms with van der Waals surface area (Å²) in [4.78, 5) is 17.4. The number of carbonyl (C=O) groups excluding carboxylic acids is 1. The van der Waals surface area contributed by atoms with Gasteiger partial charge < -0.3 is 15.4 Å². The van der Waals surface area contributed by atoms with Gasteiger partial charge in [0.1, 0.15) is 0 Å². The van der Waals surface area contributed by atoms with E-state index in [0.717, 1.165) is 13.1 Å². The molecule has 3 rings (SSSR count). The second-order valence-electron chi connectivity index (χ2n) is 6.37. The molecule has 0 aromatic heterocycles. The maximum Gasteiger partial charge on any atom is 0.243 e. The van der Waals surface area contributed by atoms with Gasteiger partial charge in [-0.15, -0.1) is 0 Å². The first-order chi connectivity index (χ1) is 9.10. The highest BCUT2D eigenvalue weighted by molar-refractivity contribution is 5.86. The number of hydrogen-bond acceptors (Lipinski definition) is 4. The molecule has 0 aliphatic carbocycles. The van der Waals surface area contributed by atoms with Crippen molar-refractivity contribution in [3.8, 4) is 0 Å². The molecule has 2 atom stereocenters. The van der Waals surface area contributed by atoms with Crippen molar-refractivity contribution < 1.29 is 9.53 Å². The second-order valence-corrected chi connectivity index (χ2v) is 6.37. The van der Waals surface area contributed by atoms with Crippen LogP contribution >= 0.6 is 0 Å². The first kappa shape index (κ1) is 13.3. The third-order valence-corrected chi connectivity index (χ3v) is 5.01. The molecule has 1 amide bonds. The number of fused-ring (bicyclic) bond motifs is 1. The van der Waals surface area contributed by atoms with E-state index >= 15 is 0 Å². The maximum atomic E-state index is 12.8. The van der Waals surface area contributed by atoms with Crippen molar-refractivity contribution in [3.63, 3.8) is 0 Å². The summed E-state index contributed by atoms with van der Waals surface area (Å²) in [6, 6.07) is 0.841. The van der Waals surface area contributed by atoms with Gasteiger partial charge in [0, 0.05) is 38.4 Å². The molecule has 0 aromatic carbocycles. The van der Waals surface area contributed by atoms with Gasteiger partial charge in [-0.2, -0.15) is 0 Å². The van der Waals surface area contributed by atoms with Crippen LogP contribution in [-0.2, 0) is 9.53 Å². The largest absolute Gasteiger partial charge is 0.381 e. The number of nitrogens with two attached hydrogens (primary N) is 1. The number of hydrogen-bond donors (Lipinski definition) is 1. The van der Waals surface area contributed by atoms with Crippen molar-refractivity contribution in [1.29, 1.82) is 0 Å². The normalized spacial score (nSPS) is 35.2. The lowest BCUT2D eigenvalue weighted by Crippen LogP contribution is -2.65. The van der Waals surface area contributed by atoms with E-state index in [0.29, 0.717) is 32.1 Å². The van der Waals surface area contributed by atoms with Gasteiger partial charge in [-0.25, -0.2) is 0 Å². The van der Waals surface area contributed by atoms with E-state index in [1.54, 1.807) is 0 Å². The summed E-state index contributed by atoms with van der Waals surface area (Å²) in [6.07, 6.45) is 3.80. The van der Waals surface area contributed by atoms with Crippen LogP contribution in [0.2, 0.25) is 0 Å². The topological polar surface area (TPSA) is 58.8 Å². The zero-order valence-corrected chi connectivity index (χ0v) is 11.8. The van der Waals surface area contributed by atoms with E-state index in [1.807, 2.05) is 4.90 Å². The van der Waals surface area contributed by atoms with Gasteiger partial charge in [-0.3, -0.25) is 9.69 Å². The Morgan fingerprint density at radius 2 is 2.05 bits per heavy atom. The molecule has 0 spiro atoms. The molecule has 19 heavy (non-hydrogen) atoms. The number of piperazine rings is 1. The molecule has 0 saturated carbocycles. The zero-order chi connectivity index (χ0) is 13.5. The summed E-state index contributed by atoms with van der Waals surface area (Å²) in [7, 11) is 0. The summed E-state index contributed by atoms with van der Waals surface area (Å²) in [5, 5.41) is 0. The quantitative estimate of drug-likeness (QED) is 0.737. The average Bonchev–Trinajstić information content (AvgIpc) is 2.85. The highest BCUT2D eigenvalue weighted by atomic mass is 16.5. The van der Waals surface area contributed by atoms with Crippen LogP contribution in [-0.4, -0.2) is 66.2 Å². The first-order valence-electron chi connectivity index (χ1n) is 7.52. The number of carbonyl (C=O) groups is 1. The molecule has 3 aliphatic heterocycles. The molecule has 2 unspecified atom stereocenters. The molecule has 0 aromatic rings. The van der Waals surface area contributed by atoms with Crippen LogP contribution in [0, 0.1) is 0 Å². The van der Waals surface area contributed by atoms with E-state index in [4.69, 9.17) is 10.5 Å². The van der Waals surface area contributed by atoms with Crippen LogP contribution < -0.4 is 5.73 Å². The number of ether oxygens (including phenoxy) is 1. The minimum atomic E-state index is -0.687. The van der Waals surface area contributed by atoms with Crippen LogP contribution in [0.5, 0.6) is 0 Å². The highest BCUT2D eigenvalue weighted by Gasteiger charge is 2.44. The molecular formula is C14H25N3O2. The van der Waals surface area contributed by atoms with Crippen molar-refractivity contribution in [1.82, 2.24) is 9.80 Å². The smallest absolute Gasteiger partial charge is 0.243 e. The van der Waals surface area contributed by atoms with Crippen LogP contribution in [0.1, 0.15) is 32.6 Å². The summed E-state index contributed by atoms with van der Waals surface area (Å²) < 4.78 is 5.34. The van der Waals surface area contributed by atoms with E-state index in [1.165, 1.54) is 19.4 Å². The monoisotopic (exact) mass is 267 g/mol. The Balaban J connectivity index is 1.71. The Labute approximate surface area is 115 Å². The lowest BCUT2D eigenvalue weighted by molar-refractivity contribution is -0.146. The predicted molar refractivity (Wildman–Crippen MR) is 72.7 cm³/mol. The third kappa shape index (κ3) is 2.39. The molecule has 108 valence electrons. The van der Waals surface area contributed by atoms with Crippen LogP contribution in [0.4, 0.5) is 0 Å². The molecule has 5 nitrogen and oxygen atoms in total. The third-order valence-electron chi connectivity index (χ3n) is 5.01. The lowest BCUT2D eigenvalue weighted by atomic mass is 9.88. The van der Waals surface area contributed by atoms with E-state index in [-0.39, 0.29) is 11.9 Å². The first-order valence-corrected chi connectivity index (χ1v) is 7.52. The SMILES string of the molecule is CC1CN2CCCC2CN1C(=O)C1(N)CCOCC1. The maximum absolute atomic E-state index is 12.8. The van der Waals surface area contributed by atoms with Crippen molar-refractivity contribution in [3.05, 3.63) is 0 Å². The molecular weight excluding hydrogens is 242 g/mol.